The molecule has 0 saturated carbocycles. The number of anilines is 2. The molecule has 0 fully saturated rings. The number of furan rings is 1. The topological polar surface area (TPSA) is 80.6 Å². The van der Waals surface area contributed by atoms with Crippen LogP contribution in [-0.2, 0) is 11.2 Å². The van der Waals surface area contributed by atoms with Crippen molar-refractivity contribution in [3.63, 3.8) is 0 Å². The minimum absolute atomic E-state index is 0.0969. The molecule has 0 aliphatic carbocycles. The van der Waals surface area contributed by atoms with Crippen LogP contribution in [0.3, 0.4) is 0 Å². The van der Waals surface area contributed by atoms with Crippen LogP contribution < -0.4 is 15.4 Å². The predicted octanol–water partition coefficient (Wildman–Crippen LogP) is 4.11. The molecule has 0 radical (unpaired) electrons. The van der Waals surface area contributed by atoms with Crippen LogP contribution in [0.15, 0.2) is 71.3 Å². The predicted molar refractivity (Wildman–Crippen MR) is 103 cm³/mol. The molecule has 0 saturated heterocycles. The second-order valence-corrected chi connectivity index (χ2v) is 5.91. The summed E-state index contributed by atoms with van der Waals surface area (Å²) in [4.78, 5) is 24.2. The molecule has 0 bridgehead atoms. The summed E-state index contributed by atoms with van der Waals surface area (Å²) < 4.78 is 10.2. The first kappa shape index (κ1) is 18.3. The van der Waals surface area contributed by atoms with E-state index in [-0.39, 0.29) is 17.6 Å². The number of amides is 2. The van der Waals surface area contributed by atoms with Crippen LogP contribution in [-0.4, -0.2) is 18.9 Å². The molecule has 0 atom stereocenters. The van der Waals surface area contributed by atoms with Gasteiger partial charge in [0.2, 0.25) is 5.91 Å². The van der Waals surface area contributed by atoms with Crippen LogP contribution >= 0.6 is 0 Å². The number of methoxy groups -OCH3 is 1. The summed E-state index contributed by atoms with van der Waals surface area (Å²) in [5, 5.41) is 5.58. The number of hydrogen-bond donors (Lipinski definition) is 2. The molecular formula is C21H20N2O4. The molecule has 3 aromatic rings. The van der Waals surface area contributed by atoms with E-state index in [1.54, 1.807) is 43.5 Å². The smallest absolute Gasteiger partial charge is 0.291 e. The van der Waals surface area contributed by atoms with Crippen molar-refractivity contribution in [1.82, 2.24) is 0 Å². The Morgan fingerprint density at radius 2 is 1.70 bits per heavy atom. The van der Waals surface area contributed by atoms with Gasteiger partial charge in [0.15, 0.2) is 5.76 Å². The summed E-state index contributed by atoms with van der Waals surface area (Å²) in [7, 11) is 1.62. The van der Waals surface area contributed by atoms with Crippen LogP contribution in [0.4, 0.5) is 11.4 Å². The summed E-state index contributed by atoms with van der Waals surface area (Å²) in [6, 6.07) is 17.8. The van der Waals surface area contributed by atoms with Gasteiger partial charge in [-0.25, -0.2) is 0 Å². The molecule has 6 nitrogen and oxygen atoms in total. The molecule has 27 heavy (non-hydrogen) atoms. The third-order valence-corrected chi connectivity index (χ3v) is 3.95. The second-order valence-electron chi connectivity index (χ2n) is 5.91. The van der Waals surface area contributed by atoms with Gasteiger partial charge in [-0.2, -0.15) is 0 Å². The number of carbonyl (C=O) groups excluding carboxylic acids is 2. The van der Waals surface area contributed by atoms with Gasteiger partial charge in [0.25, 0.3) is 5.91 Å². The van der Waals surface area contributed by atoms with E-state index in [1.165, 1.54) is 6.26 Å². The van der Waals surface area contributed by atoms with Gasteiger partial charge in [0.05, 0.1) is 13.4 Å². The highest BCUT2D eigenvalue weighted by molar-refractivity contribution is 6.02. The van der Waals surface area contributed by atoms with Gasteiger partial charge in [0, 0.05) is 17.8 Å². The molecule has 0 aliphatic heterocycles. The lowest BCUT2D eigenvalue weighted by atomic mass is 10.1. The maximum absolute atomic E-state index is 12.2. The maximum atomic E-state index is 12.2. The Bertz CT molecular complexity index is 902. The van der Waals surface area contributed by atoms with Crippen LogP contribution in [0.1, 0.15) is 22.5 Å². The molecule has 2 amide bonds. The van der Waals surface area contributed by atoms with Gasteiger partial charge < -0.3 is 19.8 Å². The quantitative estimate of drug-likeness (QED) is 0.661. The molecule has 138 valence electrons. The van der Waals surface area contributed by atoms with E-state index in [0.717, 1.165) is 11.3 Å². The lowest BCUT2D eigenvalue weighted by molar-refractivity contribution is -0.116. The van der Waals surface area contributed by atoms with Gasteiger partial charge in [0.1, 0.15) is 5.75 Å². The molecular weight excluding hydrogens is 344 g/mol. The van der Waals surface area contributed by atoms with E-state index in [1.807, 2.05) is 24.3 Å². The van der Waals surface area contributed by atoms with Gasteiger partial charge in [-0.15, -0.1) is 0 Å². The van der Waals surface area contributed by atoms with E-state index >= 15 is 0 Å². The lowest BCUT2D eigenvalue weighted by Crippen LogP contribution is -2.14. The summed E-state index contributed by atoms with van der Waals surface area (Å²) >= 11 is 0. The molecule has 0 spiro atoms. The van der Waals surface area contributed by atoms with Gasteiger partial charge in [-0.05, 0) is 54.4 Å². The molecule has 2 N–H and O–H groups in total. The first-order chi connectivity index (χ1) is 13.1. The summed E-state index contributed by atoms with van der Waals surface area (Å²) in [5.74, 6) is 0.573. The lowest BCUT2D eigenvalue weighted by Gasteiger charge is -2.08. The minimum Gasteiger partial charge on any atom is -0.497 e. The highest BCUT2D eigenvalue weighted by atomic mass is 16.5. The van der Waals surface area contributed by atoms with Crippen LogP contribution in [0.25, 0.3) is 0 Å². The Balaban J connectivity index is 1.53. The second kappa shape index (κ2) is 8.71. The van der Waals surface area contributed by atoms with Crippen molar-refractivity contribution in [3.8, 4) is 5.75 Å². The van der Waals surface area contributed by atoms with Gasteiger partial charge in [-0.3, -0.25) is 9.59 Å². The van der Waals surface area contributed by atoms with E-state index < -0.39 is 0 Å². The van der Waals surface area contributed by atoms with Crippen molar-refractivity contribution in [2.75, 3.05) is 17.7 Å². The number of carbonyl (C=O) groups is 2. The average molecular weight is 364 g/mol. The van der Waals surface area contributed by atoms with E-state index in [4.69, 9.17) is 9.15 Å². The number of rotatable bonds is 7. The van der Waals surface area contributed by atoms with Gasteiger partial charge >= 0.3 is 0 Å². The number of aryl methyl sites for hydroxylation is 1. The molecule has 0 unspecified atom stereocenters. The summed E-state index contributed by atoms with van der Waals surface area (Å²) in [5.41, 5.74) is 2.25. The number of nitrogens with one attached hydrogen (secondary N) is 2. The maximum Gasteiger partial charge on any atom is 0.291 e. The van der Waals surface area contributed by atoms with Crippen LogP contribution in [0.5, 0.6) is 5.75 Å². The molecule has 1 heterocycles. The van der Waals surface area contributed by atoms with Crippen molar-refractivity contribution in [2.24, 2.45) is 0 Å². The monoisotopic (exact) mass is 364 g/mol. The fourth-order valence-corrected chi connectivity index (χ4v) is 2.55. The fourth-order valence-electron chi connectivity index (χ4n) is 2.55. The molecule has 0 aliphatic rings. The Kier molecular flexibility index (Phi) is 5.89. The first-order valence-corrected chi connectivity index (χ1v) is 8.52. The Morgan fingerprint density at radius 1 is 0.963 bits per heavy atom. The van der Waals surface area contributed by atoms with Crippen LogP contribution in [0, 0.1) is 0 Å². The van der Waals surface area contributed by atoms with E-state index in [9.17, 15) is 9.59 Å². The minimum atomic E-state index is -0.344. The van der Waals surface area contributed by atoms with Crippen molar-refractivity contribution in [3.05, 3.63) is 78.3 Å². The zero-order valence-electron chi connectivity index (χ0n) is 14.9. The van der Waals surface area contributed by atoms with Crippen molar-refractivity contribution >= 4 is 23.2 Å². The number of hydrogen-bond acceptors (Lipinski definition) is 4. The first-order valence-electron chi connectivity index (χ1n) is 8.52. The van der Waals surface area contributed by atoms with Crippen LogP contribution in [0.2, 0.25) is 0 Å². The SMILES string of the molecule is COc1ccc(CCC(=O)Nc2cccc(NC(=O)c3ccco3)c2)cc1. The fraction of sp³-hybridized carbons (Fsp3) is 0.143. The highest BCUT2D eigenvalue weighted by Gasteiger charge is 2.09. The largest absolute Gasteiger partial charge is 0.497 e. The van der Waals surface area contributed by atoms with E-state index in [0.29, 0.717) is 24.2 Å². The Hall–Kier alpha value is -3.54. The Labute approximate surface area is 157 Å². The normalized spacial score (nSPS) is 10.3. The number of ether oxygens (including phenoxy) is 1. The standard InChI is InChI=1S/C21H20N2O4/c1-26-18-10-7-15(8-11-18)9-12-20(24)22-16-4-2-5-17(14-16)23-21(25)19-6-3-13-27-19/h2-8,10-11,13-14H,9,12H2,1H3,(H,22,24)(H,23,25). The number of benzene rings is 2. The third-order valence-electron chi connectivity index (χ3n) is 3.95. The van der Waals surface area contributed by atoms with Crippen molar-refractivity contribution < 1.29 is 18.7 Å². The summed E-state index contributed by atoms with van der Waals surface area (Å²) in [6.45, 7) is 0. The zero-order valence-corrected chi connectivity index (χ0v) is 14.9. The highest BCUT2D eigenvalue weighted by Crippen LogP contribution is 2.17. The van der Waals surface area contributed by atoms with Gasteiger partial charge in [-0.1, -0.05) is 18.2 Å². The van der Waals surface area contributed by atoms with Crippen molar-refractivity contribution in [1.29, 1.82) is 0 Å². The summed E-state index contributed by atoms with van der Waals surface area (Å²) in [6.07, 6.45) is 2.43. The third kappa shape index (κ3) is 5.22. The molecule has 1 aromatic heterocycles. The van der Waals surface area contributed by atoms with E-state index in [2.05, 4.69) is 10.6 Å². The molecule has 6 heteroatoms. The van der Waals surface area contributed by atoms with Crippen molar-refractivity contribution in [2.45, 2.75) is 12.8 Å². The Morgan fingerprint density at radius 3 is 2.37 bits per heavy atom. The molecule has 2 aromatic carbocycles. The molecule has 3 rings (SSSR count). The average Bonchev–Trinajstić information content (AvgIpc) is 3.22. The zero-order chi connectivity index (χ0) is 19.1.